The van der Waals surface area contributed by atoms with Gasteiger partial charge in [-0.1, -0.05) is 29.3 Å². The molecule has 0 saturated carbocycles. The number of benzene rings is 1. The molecule has 2 heterocycles. The summed E-state index contributed by atoms with van der Waals surface area (Å²) in [6.45, 7) is 1.79. The highest BCUT2D eigenvalue weighted by Crippen LogP contribution is 2.26. The Morgan fingerprint density at radius 1 is 1.33 bits per heavy atom. The number of furan rings is 1. The van der Waals surface area contributed by atoms with Crippen LogP contribution in [0.1, 0.15) is 22.0 Å². The van der Waals surface area contributed by atoms with Crippen LogP contribution in [0.15, 0.2) is 46.5 Å². The van der Waals surface area contributed by atoms with E-state index in [1.54, 1.807) is 37.4 Å². The van der Waals surface area contributed by atoms with Crippen LogP contribution in [0, 0.1) is 18.3 Å². The van der Waals surface area contributed by atoms with Crippen molar-refractivity contribution in [3.63, 3.8) is 0 Å². The van der Waals surface area contributed by atoms with E-state index in [4.69, 9.17) is 27.6 Å². The molecule has 1 aromatic carbocycles. The van der Waals surface area contributed by atoms with Crippen LogP contribution in [-0.2, 0) is 11.2 Å². The van der Waals surface area contributed by atoms with E-state index in [9.17, 15) is 10.1 Å². The van der Waals surface area contributed by atoms with Crippen LogP contribution < -0.4 is 5.32 Å². The molecule has 0 radical (unpaired) electrons. The maximum Gasteiger partial charge on any atom is 0.268 e. The molecular formula is C19H13Cl2N3O2S. The Bertz CT molecular complexity index is 1060. The van der Waals surface area contributed by atoms with E-state index < -0.39 is 5.91 Å². The van der Waals surface area contributed by atoms with Gasteiger partial charge in [-0.25, -0.2) is 4.98 Å². The second-order valence-corrected chi connectivity index (χ2v) is 7.56. The lowest BCUT2D eigenvalue weighted by atomic mass is 10.1. The van der Waals surface area contributed by atoms with Gasteiger partial charge in [0.25, 0.3) is 5.91 Å². The van der Waals surface area contributed by atoms with Crippen molar-refractivity contribution >= 4 is 51.7 Å². The molecule has 8 heteroatoms. The Morgan fingerprint density at radius 3 is 2.81 bits per heavy atom. The lowest BCUT2D eigenvalue weighted by Gasteiger charge is -2.01. The van der Waals surface area contributed by atoms with Crippen LogP contribution in [0.25, 0.3) is 6.08 Å². The number of halogens is 2. The quantitative estimate of drug-likeness (QED) is 0.439. The van der Waals surface area contributed by atoms with Gasteiger partial charge in [0, 0.05) is 23.6 Å². The number of nitrogens with one attached hydrogen (secondary N) is 1. The molecule has 3 aromatic rings. The van der Waals surface area contributed by atoms with E-state index in [-0.39, 0.29) is 5.57 Å². The molecule has 27 heavy (non-hydrogen) atoms. The molecule has 0 atom stereocenters. The van der Waals surface area contributed by atoms with E-state index >= 15 is 0 Å². The first-order valence-corrected chi connectivity index (χ1v) is 9.40. The van der Waals surface area contributed by atoms with E-state index in [1.807, 2.05) is 12.1 Å². The van der Waals surface area contributed by atoms with Crippen molar-refractivity contribution in [1.29, 1.82) is 5.26 Å². The van der Waals surface area contributed by atoms with Crippen molar-refractivity contribution in [3.8, 4) is 6.07 Å². The number of carbonyl (C=O) groups excluding carboxylic acids is 1. The third kappa shape index (κ3) is 4.98. The van der Waals surface area contributed by atoms with Gasteiger partial charge >= 0.3 is 0 Å². The molecule has 0 fully saturated rings. The molecule has 0 bridgehead atoms. The number of aromatic nitrogens is 1. The predicted molar refractivity (Wildman–Crippen MR) is 107 cm³/mol. The van der Waals surface area contributed by atoms with Crippen LogP contribution in [0.3, 0.4) is 0 Å². The number of anilines is 1. The lowest BCUT2D eigenvalue weighted by Crippen LogP contribution is -2.13. The molecule has 0 spiro atoms. The van der Waals surface area contributed by atoms with Crippen molar-refractivity contribution in [2.24, 2.45) is 0 Å². The maximum absolute atomic E-state index is 12.3. The van der Waals surface area contributed by atoms with Crippen LogP contribution in [0.2, 0.25) is 10.0 Å². The molecule has 0 saturated heterocycles. The van der Waals surface area contributed by atoms with Gasteiger partial charge in [-0.15, -0.1) is 11.3 Å². The Labute approximate surface area is 169 Å². The summed E-state index contributed by atoms with van der Waals surface area (Å²) < 4.78 is 5.36. The summed E-state index contributed by atoms with van der Waals surface area (Å²) in [5.41, 5.74) is 0.919. The number of hydrogen-bond donors (Lipinski definition) is 1. The van der Waals surface area contributed by atoms with Crippen molar-refractivity contribution in [3.05, 3.63) is 74.1 Å². The van der Waals surface area contributed by atoms with Gasteiger partial charge in [0.2, 0.25) is 0 Å². The van der Waals surface area contributed by atoms with Crippen LogP contribution >= 0.6 is 34.5 Å². The van der Waals surface area contributed by atoms with E-state index in [0.29, 0.717) is 33.1 Å². The molecule has 1 amide bonds. The van der Waals surface area contributed by atoms with Gasteiger partial charge in [0.05, 0.1) is 10.0 Å². The minimum atomic E-state index is -0.540. The summed E-state index contributed by atoms with van der Waals surface area (Å²) in [5, 5.41) is 13.3. The van der Waals surface area contributed by atoms with Crippen molar-refractivity contribution in [1.82, 2.24) is 4.98 Å². The first-order valence-electron chi connectivity index (χ1n) is 7.83. The standard InChI is InChI=1S/C19H13Cl2N3O2S/c1-11-2-4-14(26-11)8-13(9-22)18(25)24-19-23-10-15(27-19)6-12-3-5-16(20)17(21)7-12/h2-5,7-8,10H,6H2,1H3,(H,23,24,25). The monoisotopic (exact) mass is 417 g/mol. The number of carbonyl (C=O) groups is 1. The van der Waals surface area contributed by atoms with E-state index in [0.717, 1.165) is 10.4 Å². The van der Waals surface area contributed by atoms with E-state index in [1.165, 1.54) is 17.4 Å². The molecule has 5 nitrogen and oxygen atoms in total. The van der Waals surface area contributed by atoms with Crippen molar-refractivity contribution in [2.45, 2.75) is 13.3 Å². The highest BCUT2D eigenvalue weighted by atomic mass is 35.5. The zero-order valence-corrected chi connectivity index (χ0v) is 16.5. The number of nitrogens with zero attached hydrogens (tertiary/aromatic N) is 2. The minimum absolute atomic E-state index is 0.0643. The van der Waals surface area contributed by atoms with Gasteiger partial charge in [-0.2, -0.15) is 5.26 Å². The molecule has 0 aliphatic rings. The summed E-state index contributed by atoms with van der Waals surface area (Å²) in [5.74, 6) is 0.603. The number of amides is 1. The minimum Gasteiger partial charge on any atom is -0.462 e. The number of rotatable bonds is 5. The van der Waals surface area contributed by atoms with Gasteiger partial charge in [0.1, 0.15) is 23.2 Å². The predicted octanol–water partition coefficient (Wildman–Crippen LogP) is 5.49. The maximum atomic E-state index is 12.3. The summed E-state index contributed by atoms with van der Waals surface area (Å²) in [7, 11) is 0. The smallest absolute Gasteiger partial charge is 0.268 e. The molecule has 2 aromatic heterocycles. The Balaban J connectivity index is 1.69. The number of thiazole rings is 1. The molecule has 0 aliphatic heterocycles. The van der Waals surface area contributed by atoms with Crippen LogP contribution in [0.5, 0.6) is 0 Å². The fourth-order valence-electron chi connectivity index (χ4n) is 2.28. The number of nitriles is 1. The summed E-state index contributed by atoms with van der Waals surface area (Å²) in [4.78, 5) is 17.4. The Morgan fingerprint density at radius 2 is 2.15 bits per heavy atom. The molecule has 1 N–H and O–H groups in total. The highest BCUT2D eigenvalue weighted by Gasteiger charge is 2.13. The second-order valence-electron chi connectivity index (χ2n) is 5.63. The molecule has 136 valence electrons. The Hall–Kier alpha value is -2.59. The third-order valence-electron chi connectivity index (χ3n) is 3.55. The van der Waals surface area contributed by atoms with Gasteiger partial charge in [-0.3, -0.25) is 10.1 Å². The zero-order valence-electron chi connectivity index (χ0n) is 14.1. The summed E-state index contributed by atoms with van der Waals surface area (Å²) in [6, 6.07) is 10.7. The summed E-state index contributed by atoms with van der Waals surface area (Å²) >= 11 is 13.3. The highest BCUT2D eigenvalue weighted by molar-refractivity contribution is 7.15. The largest absolute Gasteiger partial charge is 0.462 e. The number of hydrogen-bond acceptors (Lipinski definition) is 5. The van der Waals surface area contributed by atoms with Gasteiger partial charge in [0.15, 0.2) is 5.13 Å². The van der Waals surface area contributed by atoms with Gasteiger partial charge < -0.3 is 4.42 Å². The molecule has 3 rings (SSSR count). The SMILES string of the molecule is Cc1ccc(C=C(C#N)C(=O)Nc2ncc(Cc3ccc(Cl)c(Cl)c3)s2)o1. The lowest BCUT2D eigenvalue weighted by molar-refractivity contribution is -0.112. The first-order chi connectivity index (χ1) is 12.9. The fourth-order valence-corrected chi connectivity index (χ4v) is 3.45. The van der Waals surface area contributed by atoms with E-state index in [2.05, 4.69) is 10.3 Å². The second kappa shape index (κ2) is 8.40. The summed E-state index contributed by atoms with van der Waals surface area (Å²) in [6.07, 6.45) is 3.68. The third-order valence-corrected chi connectivity index (χ3v) is 5.20. The van der Waals surface area contributed by atoms with Crippen LogP contribution in [-0.4, -0.2) is 10.9 Å². The zero-order chi connectivity index (χ0) is 19.4. The first kappa shape index (κ1) is 19.2. The number of aryl methyl sites for hydroxylation is 1. The average Bonchev–Trinajstić information content (AvgIpc) is 3.24. The normalized spacial score (nSPS) is 11.3. The Kier molecular flexibility index (Phi) is 5.97. The molecular weight excluding hydrogens is 405 g/mol. The topological polar surface area (TPSA) is 78.9 Å². The molecule has 0 unspecified atom stereocenters. The van der Waals surface area contributed by atoms with Gasteiger partial charge in [-0.05, 0) is 36.8 Å². The average molecular weight is 418 g/mol. The van der Waals surface area contributed by atoms with Crippen molar-refractivity contribution in [2.75, 3.05) is 5.32 Å². The fraction of sp³-hybridized carbons (Fsp3) is 0.105. The van der Waals surface area contributed by atoms with Crippen LogP contribution in [0.4, 0.5) is 5.13 Å². The molecule has 0 aliphatic carbocycles. The van der Waals surface area contributed by atoms with Crippen molar-refractivity contribution < 1.29 is 9.21 Å².